The fourth-order valence-electron chi connectivity index (χ4n) is 2.78. The summed E-state index contributed by atoms with van der Waals surface area (Å²) in [5.74, 6) is 0.556. The van der Waals surface area contributed by atoms with Crippen LogP contribution in [-0.4, -0.2) is 27.5 Å². The van der Waals surface area contributed by atoms with Crippen LogP contribution in [0.1, 0.15) is 30.1 Å². The fourth-order valence-corrected chi connectivity index (χ4v) is 4.38. The van der Waals surface area contributed by atoms with E-state index in [0.29, 0.717) is 11.7 Å². The Balaban J connectivity index is 1.87. The zero-order chi connectivity index (χ0) is 19.6. The third-order valence-corrected chi connectivity index (χ3v) is 6.37. The van der Waals surface area contributed by atoms with E-state index in [-0.39, 0.29) is 33.1 Å². The molecule has 1 saturated carbocycles. The zero-order valence-corrected chi connectivity index (χ0v) is 16.6. The molecule has 0 saturated heterocycles. The standard InChI is InChI=1S/C19H21ClN2O4S/c1-12(13-7-8-13)21-19(23)14-9-10-15(20)18(11-14)27(24,25)22-16-5-3-4-6-17(16)26-2/h3-6,9-13,22H,7-8H2,1-2H3,(H,21,23). The minimum Gasteiger partial charge on any atom is -0.495 e. The number of ether oxygens (including phenoxy) is 1. The van der Waals surface area contributed by atoms with Crippen LogP contribution in [0.15, 0.2) is 47.4 Å². The van der Waals surface area contributed by atoms with Crippen molar-refractivity contribution in [3.63, 3.8) is 0 Å². The van der Waals surface area contributed by atoms with E-state index in [1.54, 1.807) is 24.3 Å². The molecule has 3 rings (SSSR count). The summed E-state index contributed by atoms with van der Waals surface area (Å²) in [6.07, 6.45) is 2.20. The highest BCUT2D eigenvalue weighted by Crippen LogP contribution is 2.33. The van der Waals surface area contributed by atoms with Gasteiger partial charge in [-0.05, 0) is 56.0 Å². The number of carbonyl (C=O) groups excluding carboxylic acids is 1. The van der Waals surface area contributed by atoms with Gasteiger partial charge in [0.2, 0.25) is 0 Å². The Hall–Kier alpha value is -2.25. The molecule has 1 atom stereocenters. The smallest absolute Gasteiger partial charge is 0.263 e. The highest BCUT2D eigenvalue weighted by atomic mass is 35.5. The summed E-state index contributed by atoms with van der Waals surface area (Å²) in [7, 11) is -2.56. The number of methoxy groups -OCH3 is 1. The van der Waals surface area contributed by atoms with Crippen molar-refractivity contribution >= 4 is 33.2 Å². The fraction of sp³-hybridized carbons (Fsp3) is 0.316. The number of amides is 1. The van der Waals surface area contributed by atoms with Crippen molar-refractivity contribution in [1.29, 1.82) is 0 Å². The van der Waals surface area contributed by atoms with Gasteiger partial charge in [-0.1, -0.05) is 23.7 Å². The lowest BCUT2D eigenvalue weighted by molar-refractivity contribution is 0.0935. The first-order valence-electron chi connectivity index (χ1n) is 8.58. The SMILES string of the molecule is COc1ccccc1NS(=O)(=O)c1cc(C(=O)NC(C)C2CC2)ccc1Cl. The second-order valence-electron chi connectivity index (χ2n) is 6.55. The van der Waals surface area contributed by atoms with Gasteiger partial charge in [-0.2, -0.15) is 0 Å². The van der Waals surface area contributed by atoms with E-state index >= 15 is 0 Å². The molecule has 1 aliphatic carbocycles. The molecule has 0 heterocycles. The van der Waals surface area contributed by atoms with E-state index in [2.05, 4.69) is 10.0 Å². The lowest BCUT2D eigenvalue weighted by Gasteiger charge is -2.15. The Morgan fingerprint density at radius 2 is 1.93 bits per heavy atom. The maximum Gasteiger partial charge on any atom is 0.263 e. The summed E-state index contributed by atoms with van der Waals surface area (Å²) in [6.45, 7) is 1.95. The Bertz CT molecular complexity index is 958. The van der Waals surface area contributed by atoms with Crippen LogP contribution in [0.25, 0.3) is 0 Å². The number of halogens is 1. The molecule has 1 aliphatic rings. The number of hydrogen-bond acceptors (Lipinski definition) is 4. The van der Waals surface area contributed by atoms with E-state index in [4.69, 9.17) is 16.3 Å². The molecule has 2 N–H and O–H groups in total. The van der Waals surface area contributed by atoms with Gasteiger partial charge in [0.25, 0.3) is 15.9 Å². The average molecular weight is 409 g/mol. The van der Waals surface area contributed by atoms with Crippen molar-refractivity contribution in [3.05, 3.63) is 53.1 Å². The van der Waals surface area contributed by atoms with Crippen LogP contribution in [0.5, 0.6) is 5.75 Å². The maximum absolute atomic E-state index is 12.8. The molecule has 0 aromatic heterocycles. The predicted molar refractivity (Wildman–Crippen MR) is 105 cm³/mol. The second-order valence-corrected chi connectivity index (χ2v) is 8.61. The minimum absolute atomic E-state index is 0.0317. The molecule has 27 heavy (non-hydrogen) atoms. The highest BCUT2D eigenvalue weighted by molar-refractivity contribution is 7.92. The van der Waals surface area contributed by atoms with E-state index in [1.165, 1.54) is 25.3 Å². The molecular formula is C19H21ClN2O4S. The van der Waals surface area contributed by atoms with Crippen molar-refractivity contribution < 1.29 is 17.9 Å². The van der Waals surface area contributed by atoms with Crippen LogP contribution in [0, 0.1) is 5.92 Å². The zero-order valence-electron chi connectivity index (χ0n) is 15.0. The van der Waals surface area contributed by atoms with Crippen molar-refractivity contribution in [2.45, 2.75) is 30.7 Å². The summed E-state index contributed by atoms with van der Waals surface area (Å²) in [6, 6.07) is 10.9. The van der Waals surface area contributed by atoms with Gasteiger partial charge in [-0.15, -0.1) is 0 Å². The summed E-state index contributed by atoms with van der Waals surface area (Å²) in [5.41, 5.74) is 0.528. The molecule has 1 unspecified atom stereocenters. The Morgan fingerprint density at radius 3 is 2.59 bits per heavy atom. The van der Waals surface area contributed by atoms with Gasteiger partial charge >= 0.3 is 0 Å². The molecule has 2 aromatic rings. The van der Waals surface area contributed by atoms with Crippen LogP contribution in [-0.2, 0) is 10.0 Å². The number of hydrogen-bond donors (Lipinski definition) is 2. The van der Waals surface area contributed by atoms with Crippen LogP contribution < -0.4 is 14.8 Å². The first-order chi connectivity index (χ1) is 12.8. The second kappa shape index (κ2) is 7.78. The summed E-state index contributed by atoms with van der Waals surface area (Å²) in [4.78, 5) is 12.3. The molecule has 0 bridgehead atoms. The van der Waals surface area contributed by atoms with Crippen LogP contribution in [0.2, 0.25) is 5.02 Å². The topological polar surface area (TPSA) is 84.5 Å². The quantitative estimate of drug-likeness (QED) is 0.731. The molecular weight excluding hydrogens is 388 g/mol. The Labute approximate surface area is 163 Å². The molecule has 0 spiro atoms. The number of rotatable bonds is 7. The van der Waals surface area contributed by atoms with E-state index in [0.717, 1.165) is 12.8 Å². The van der Waals surface area contributed by atoms with E-state index in [1.807, 2.05) is 6.92 Å². The number of nitrogens with one attached hydrogen (secondary N) is 2. The molecule has 8 heteroatoms. The van der Waals surface area contributed by atoms with Gasteiger partial charge in [0, 0.05) is 11.6 Å². The van der Waals surface area contributed by atoms with Crippen molar-refractivity contribution in [2.24, 2.45) is 5.92 Å². The number of anilines is 1. The van der Waals surface area contributed by atoms with Gasteiger partial charge in [-0.3, -0.25) is 9.52 Å². The molecule has 2 aromatic carbocycles. The van der Waals surface area contributed by atoms with Crippen molar-refractivity contribution in [2.75, 3.05) is 11.8 Å². The third kappa shape index (κ3) is 4.54. The van der Waals surface area contributed by atoms with Gasteiger partial charge in [0.1, 0.15) is 10.6 Å². The van der Waals surface area contributed by atoms with Gasteiger partial charge < -0.3 is 10.1 Å². The number of sulfonamides is 1. The largest absolute Gasteiger partial charge is 0.495 e. The Kier molecular flexibility index (Phi) is 5.62. The summed E-state index contributed by atoms with van der Waals surface area (Å²) in [5, 5.41) is 2.94. The van der Waals surface area contributed by atoms with Gasteiger partial charge in [-0.25, -0.2) is 8.42 Å². The first kappa shape index (κ1) is 19.5. The van der Waals surface area contributed by atoms with Crippen LogP contribution in [0.4, 0.5) is 5.69 Å². The molecule has 0 radical (unpaired) electrons. The minimum atomic E-state index is -4.01. The highest BCUT2D eigenvalue weighted by Gasteiger charge is 2.29. The van der Waals surface area contributed by atoms with Crippen molar-refractivity contribution in [1.82, 2.24) is 5.32 Å². The first-order valence-corrected chi connectivity index (χ1v) is 10.4. The average Bonchev–Trinajstić information content (AvgIpc) is 3.47. The predicted octanol–water partition coefficient (Wildman–Crippen LogP) is 3.68. The maximum atomic E-state index is 12.8. The third-order valence-electron chi connectivity index (χ3n) is 4.52. The number of para-hydroxylation sites is 2. The van der Waals surface area contributed by atoms with Gasteiger partial charge in [0.05, 0.1) is 17.8 Å². The van der Waals surface area contributed by atoms with Crippen LogP contribution in [0.3, 0.4) is 0 Å². The summed E-state index contributed by atoms with van der Waals surface area (Å²) < 4.78 is 33.3. The van der Waals surface area contributed by atoms with E-state index < -0.39 is 10.0 Å². The number of carbonyl (C=O) groups is 1. The van der Waals surface area contributed by atoms with Crippen LogP contribution >= 0.6 is 11.6 Å². The molecule has 144 valence electrons. The Morgan fingerprint density at radius 1 is 1.22 bits per heavy atom. The monoisotopic (exact) mass is 408 g/mol. The van der Waals surface area contributed by atoms with Gasteiger partial charge in [0.15, 0.2) is 0 Å². The molecule has 1 fully saturated rings. The molecule has 6 nitrogen and oxygen atoms in total. The number of benzene rings is 2. The van der Waals surface area contributed by atoms with Crippen molar-refractivity contribution in [3.8, 4) is 5.75 Å². The molecule has 0 aliphatic heterocycles. The summed E-state index contributed by atoms with van der Waals surface area (Å²) >= 11 is 6.11. The van der Waals surface area contributed by atoms with E-state index in [9.17, 15) is 13.2 Å². The normalized spacial score (nSPS) is 15.1. The molecule has 1 amide bonds. The lowest BCUT2D eigenvalue weighted by atomic mass is 10.1. The lowest BCUT2D eigenvalue weighted by Crippen LogP contribution is -2.34.